The Kier molecular flexibility index (Phi) is 12.5. The van der Waals surface area contributed by atoms with E-state index in [4.69, 9.17) is 37.4 Å². The normalized spacial score (nSPS) is 11.5. The van der Waals surface area contributed by atoms with Crippen LogP contribution in [-0.2, 0) is 16.0 Å². The first-order chi connectivity index (χ1) is 16.8. The lowest BCUT2D eigenvalue weighted by molar-refractivity contribution is -0.149. The van der Waals surface area contributed by atoms with Gasteiger partial charge in [0.1, 0.15) is 18.1 Å². The zero-order chi connectivity index (χ0) is 25.6. The zero-order valence-corrected chi connectivity index (χ0v) is 21.5. The Hall–Kier alpha value is -2.68. The largest absolute Gasteiger partial charge is 0.493 e. The highest BCUT2D eigenvalue weighted by atomic mass is 35.5. The highest BCUT2D eigenvalue weighted by Crippen LogP contribution is 2.24. The summed E-state index contributed by atoms with van der Waals surface area (Å²) in [5.41, 5.74) is 0.836. The quantitative estimate of drug-likeness (QED) is 0.320. The molecule has 2 rings (SSSR count). The number of nitrogens with zero attached hydrogens (tertiary/aromatic N) is 1. The van der Waals surface area contributed by atoms with E-state index in [2.05, 4.69) is 5.32 Å². The van der Waals surface area contributed by atoms with E-state index in [1.165, 1.54) is 0 Å². The number of hydrogen-bond acceptors (Lipinski definition) is 5. The second-order valence-corrected chi connectivity index (χ2v) is 8.48. The van der Waals surface area contributed by atoms with E-state index in [1.54, 1.807) is 42.2 Å². The lowest BCUT2D eigenvalue weighted by Crippen LogP contribution is -2.42. The Morgan fingerprint density at radius 1 is 0.971 bits per heavy atom. The van der Waals surface area contributed by atoms with E-state index in [1.807, 2.05) is 19.1 Å². The van der Waals surface area contributed by atoms with Crippen molar-refractivity contribution in [3.63, 3.8) is 0 Å². The maximum atomic E-state index is 12.4. The fourth-order valence-corrected chi connectivity index (χ4v) is 3.77. The maximum absolute atomic E-state index is 12.4. The summed E-state index contributed by atoms with van der Waals surface area (Å²) in [6.45, 7) is 6.06. The van der Waals surface area contributed by atoms with Crippen LogP contribution in [-0.4, -0.2) is 67.6 Å². The Bertz CT molecular complexity index is 922. The fourth-order valence-electron chi connectivity index (χ4n) is 3.26. The van der Waals surface area contributed by atoms with Crippen molar-refractivity contribution in [2.24, 2.45) is 0 Å². The van der Waals surface area contributed by atoms with Crippen molar-refractivity contribution in [3.8, 4) is 11.5 Å². The molecule has 0 saturated heterocycles. The van der Waals surface area contributed by atoms with Gasteiger partial charge in [0, 0.05) is 36.2 Å². The van der Waals surface area contributed by atoms with E-state index in [0.717, 1.165) is 5.56 Å². The number of halogens is 2. The SMILES string of the molecule is CCNC(=O)N(CCCOc1cc(Cl)cc(Cl)c1)CCOc1ccc(CC(OCC)C(=O)O)cc1. The Balaban J connectivity index is 1.81. The lowest BCUT2D eigenvalue weighted by Gasteiger charge is -2.23. The van der Waals surface area contributed by atoms with Crippen LogP contribution in [0.1, 0.15) is 25.8 Å². The van der Waals surface area contributed by atoms with Gasteiger partial charge in [-0.3, -0.25) is 0 Å². The van der Waals surface area contributed by atoms with Crippen molar-refractivity contribution in [2.75, 3.05) is 39.5 Å². The topological polar surface area (TPSA) is 97.3 Å². The summed E-state index contributed by atoms with van der Waals surface area (Å²) >= 11 is 12.0. The number of nitrogens with one attached hydrogen (secondary N) is 1. The molecule has 0 radical (unpaired) electrons. The molecule has 1 unspecified atom stereocenters. The molecule has 2 aromatic carbocycles. The predicted octanol–water partition coefficient (Wildman–Crippen LogP) is 4.91. The van der Waals surface area contributed by atoms with Crippen LogP contribution in [0.15, 0.2) is 42.5 Å². The van der Waals surface area contributed by atoms with Crippen LogP contribution < -0.4 is 14.8 Å². The molecule has 0 aromatic heterocycles. The van der Waals surface area contributed by atoms with Gasteiger partial charge in [-0.05, 0) is 56.2 Å². The van der Waals surface area contributed by atoms with Gasteiger partial charge < -0.3 is 29.5 Å². The molecule has 192 valence electrons. The summed E-state index contributed by atoms with van der Waals surface area (Å²) in [5.74, 6) is 0.225. The van der Waals surface area contributed by atoms with Crippen molar-refractivity contribution < 1.29 is 28.9 Å². The predicted molar refractivity (Wildman–Crippen MR) is 136 cm³/mol. The molecule has 0 aliphatic carbocycles. The van der Waals surface area contributed by atoms with Crippen LogP contribution in [0.3, 0.4) is 0 Å². The number of carbonyl (C=O) groups excluding carboxylic acids is 1. The van der Waals surface area contributed by atoms with Gasteiger partial charge in [-0.25, -0.2) is 9.59 Å². The van der Waals surface area contributed by atoms with E-state index < -0.39 is 12.1 Å². The minimum Gasteiger partial charge on any atom is -0.493 e. The number of urea groups is 1. The summed E-state index contributed by atoms with van der Waals surface area (Å²) in [6.07, 6.45) is 0.00977. The van der Waals surface area contributed by atoms with Gasteiger partial charge in [-0.15, -0.1) is 0 Å². The molecule has 0 aliphatic rings. The molecule has 0 aliphatic heterocycles. The summed E-state index contributed by atoms with van der Waals surface area (Å²) in [5, 5.41) is 13.0. The van der Waals surface area contributed by atoms with Crippen LogP contribution in [0.25, 0.3) is 0 Å². The van der Waals surface area contributed by atoms with E-state index in [-0.39, 0.29) is 12.5 Å². The number of carboxylic acids is 1. The first-order valence-electron chi connectivity index (χ1n) is 11.5. The molecule has 8 nitrogen and oxygen atoms in total. The van der Waals surface area contributed by atoms with Gasteiger partial charge in [0.25, 0.3) is 0 Å². The monoisotopic (exact) mass is 526 g/mol. The average molecular weight is 527 g/mol. The molecular weight excluding hydrogens is 495 g/mol. The molecule has 35 heavy (non-hydrogen) atoms. The zero-order valence-electron chi connectivity index (χ0n) is 20.0. The first-order valence-corrected chi connectivity index (χ1v) is 12.3. The molecule has 2 N–H and O–H groups in total. The van der Waals surface area contributed by atoms with Gasteiger partial charge in [-0.2, -0.15) is 0 Å². The number of hydrogen-bond donors (Lipinski definition) is 2. The molecule has 0 bridgehead atoms. The fraction of sp³-hybridized carbons (Fsp3) is 0.440. The van der Waals surface area contributed by atoms with Crippen molar-refractivity contribution in [1.29, 1.82) is 0 Å². The molecule has 1 atom stereocenters. The smallest absolute Gasteiger partial charge is 0.333 e. The molecule has 2 aromatic rings. The van der Waals surface area contributed by atoms with Gasteiger partial charge in [0.2, 0.25) is 0 Å². The summed E-state index contributed by atoms with van der Waals surface area (Å²) in [4.78, 5) is 25.3. The van der Waals surface area contributed by atoms with Crippen LogP contribution in [0.2, 0.25) is 10.0 Å². The van der Waals surface area contributed by atoms with Gasteiger partial charge in [0.05, 0.1) is 13.2 Å². The van der Waals surface area contributed by atoms with Gasteiger partial charge >= 0.3 is 12.0 Å². The Labute approximate surface area is 216 Å². The third-order valence-electron chi connectivity index (χ3n) is 4.91. The van der Waals surface area contributed by atoms with Crippen molar-refractivity contribution in [3.05, 3.63) is 58.1 Å². The van der Waals surface area contributed by atoms with Crippen LogP contribution in [0.5, 0.6) is 11.5 Å². The van der Waals surface area contributed by atoms with Crippen molar-refractivity contribution >= 4 is 35.2 Å². The third-order valence-corrected chi connectivity index (χ3v) is 5.35. The Morgan fingerprint density at radius 2 is 1.63 bits per heavy atom. The number of aliphatic carboxylic acids is 1. The van der Waals surface area contributed by atoms with E-state index in [0.29, 0.717) is 67.4 Å². The number of amides is 2. The second-order valence-electron chi connectivity index (χ2n) is 7.61. The lowest BCUT2D eigenvalue weighted by atomic mass is 10.1. The minimum absolute atomic E-state index is 0.173. The van der Waals surface area contributed by atoms with Crippen molar-refractivity contribution in [2.45, 2.75) is 32.8 Å². The maximum Gasteiger partial charge on any atom is 0.333 e. The molecule has 0 saturated carbocycles. The average Bonchev–Trinajstić information content (AvgIpc) is 2.80. The third kappa shape index (κ3) is 10.6. The summed E-state index contributed by atoms with van der Waals surface area (Å²) in [6, 6.07) is 12.0. The number of benzene rings is 2. The number of carboxylic acid groups (broad SMARTS) is 1. The molecule has 2 amide bonds. The van der Waals surface area contributed by atoms with Crippen molar-refractivity contribution in [1.82, 2.24) is 10.2 Å². The molecule has 0 fully saturated rings. The van der Waals surface area contributed by atoms with Crippen LogP contribution in [0.4, 0.5) is 4.79 Å². The van der Waals surface area contributed by atoms with E-state index in [9.17, 15) is 14.7 Å². The number of carbonyl (C=O) groups is 2. The second kappa shape index (κ2) is 15.3. The van der Waals surface area contributed by atoms with Gasteiger partial charge in [-0.1, -0.05) is 35.3 Å². The molecule has 0 heterocycles. The Morgan fingerprint density at radius 3 is 2.23 bits per heavy atom. The highest BCUT2D eigenvalue weighted by Gasteiger charge is 2.18. The first kappa shape index (κ1) is 28.6. The van der Waals surface area contributed by atoms with Gasteiger partial charge in [0.15, 0.2) is 6.10 Å². The minimum atomic E-state index is -0.987. The number of ether oxygens (including phenoxy) is 3. The number of rotatable bonds is 15. The summed E-state index contributed by atoms with van der Waals surface area (Å²) < 4.78 is 16.7. The standard InChI is InChI=1S/C25H32Cl2N2O6/c1-3-28-25(32)29(10-5-12-34-22-16-19(26)15-20(27)17-22)11-13-35-21-8-6-18(7-9-21)14-23(24(30)31)33-4-2/h6-9,15-17,23H,3-5,10-14H2,1-2H3,(H,28,32)(H,30,31). The highest BCUT2D eigenvalue weighted by molar-refractivity contribution is 6.34. The summed E-state index contributed by atoms with van der Waals surface area (Å²) in [7, 11) is 0. The molecular formula is C25H32Cl2N2O6. The van der Waals surface area contributed by atoms with Crippen LogP contribution in [0, 0.1) is 0 Å². The van der Waals surface area contributed by atoms with E-state index >= 15 is 0 Å². The molecule has 0 spiro atoms. The molecule has 10 heteroatoms. The van der Waals surface area contributed by atoms with Crippen LogP contribution >= 0.6 is 23.2 Å².